The molecule has 47 heavy (non-hydrogen) atoms. The maximum atomic E-state index is 6.56. The zero-order valence-electron chi connectivity index (χ0n) is 25.2. The third kappa shape index (κ3) is 4.05. The first-order valence-electron chi connectivity index (χ1n) is 15.8. The van der Waals surface area contributed by atoms with Crippen LogP contribution in [0.3, 0.4) is 0 Å². The van der Waals surface area contributed by atoms with E-state index in [9.17, 15) is 0 Å². The third-order valence-electron chi connectivity index (χ3n) is 9.26. The van der Waals surface area contributed by atoms with E-state index in [2.05, 4.69) is 103 Å². The SMILES string of the molecule is c1ccc(-c2cccc(-c3nc(-c4ccccc4)nc(-c4cccc5oc6cc7c(cc6c45)-c4cccc5cccc-7c45)n3)c2)cc1. The van der Waals surface area contributed by atoms with Crippen molar-refractivity contribution < 1.29 is 4.42 Å². The molecule has 1 aliphatic carbocycles. The zero-order valence-corrected chi connectivity index (χ0v) is 25.2. The molecule has 10 rings (SSSR count). The smallest absolute Gasteiger partial charge is 0.164 e. The lowest BCUT2D eigenvalue weighted by Crippen LogP contribution is -2.00. The van der Waals surface area contributed by atoms with E-state index in [0.29, 0.717) is 17.5 Å². The molecule has 4 nitrogen and oxygen atoms in total. The Bertz CT molecular complexity index is 2670. The number of benzene rings is 7. The van der Waals surface area contributed by atoms with Crippen molar-refractivity contribution in [1.29, 1.82) is 0 Å². The highest BCUT2D eigenvalue weighted by Gasteiger charge is 2.25. The lowest BCUT2D eigenvalue weighted by atomic mass is 9.99. The van der Waals surface area contributed by atoms with Gasteiger partial charge in [-0.2, -0.15) is 0 Å². The quantitative estimate of drug-likeness (QED) is 0.202. The van der Waals surface area contributed by atoms with Crippen LogP contribution >= 0.6 is 0 Å². The van der Waals surface area contributed by atoms with Crippen LogP contribution in [-0.2, 0) is 0 Å². The molecular formula is C43H25N3O. The summed E-state index contributed by atoms with van der Waals surface area (Å²) in [5.74, 6) is 1.86. The van der Waals surface area contributed by atoms with Crippen LogP contribution in [0.5, 0.6) is 0 Å². The summed E-state index contributed by atoms with van der Waals surface area (Å²) in [7, 11) is 0. The number of rotatable bonds is 4. The standard InChI is InChI=1S/C43H25N3O/c1-3-11-26(12-4-1)29-17-7-18-30(23-29)42-44-41(28-13-5-2-6-14-28)45-43(46-42)33-21-10-22-37-40(33)36-24-34-31-19-8-15-27-16-9-20-32(39(27)31)35(34)25-38(36)47-37/h1-25H. The number of furan rings is 1. The van der Waals surface area contributed by atoms with Gasteiger partial charge in [-0.3, -0.25) is 0 Å². The van der Waals surface area contributed by atoms with Crippen molar-refractivity contribution in [2.45, 2.75) is 0 Å². The van der Waals surface area contributed by atoms with Crippen molar-refractivity contribution in [3.05, 3.63) is 152 Å². The van der Waals surface area contributed by atoms with Crippen LogP contribution in [0.25, 0.3) is 100 Å². The normalized spacial score (nSPS) is 11.8. The van der Waals surface area contributed by atoms with Crippen LogP contribution in [0, 0.1) is 0 Å². The molecule has 218 valence electrons. The van der Waals surface area contributed by atoms with Crippen molar-refractivity contribution in [3.63, 3.8) is 0 Å². The van der Waals surface area contributed by atoms with Crippen molar-refractivity contribution in [2.75, 3.05) is 0 Å². The predicted molar refractivity (Wildman–Crippen MR) is 191 cm³/mol. The van der Waals surface area contributed by atoms with Gasteiger partial charge >= 0.3 is 0 Å². The summed E-state index contributed by atoms with van der Waals surface area (Å²) >= 11 is 0. The Kier molecular flexibility index (Phi) is 5.54. The van der Waals surface area contributed by atoms with Gasteiger partial charge in [0.05, 0.1) is 0 Å². The predicted octanol–water partition coefficient (Wildman–Crippen LogP) is 11.2. The Balaban J connectivity index is 1.21. The van der Waals surface area contributed by atoms with Gasteiger partial charge in [-0.05, 0) is 68.4 Å². The second-order valence-corrected chi connectivity index (χ2v) is 12.0. The summed E-state index contributed by atoms with van der Waals surface area (Å²) in [4.78, 5) is 15.2. The van der Waals surface area contributed by atoms with E-state index in [-0.39, 0.29) is 0 Å². The lowest BCUT2D eigenvalue weighted by Gasteiger charge is -2.10. The van der Waals surface area contributed by atoms with Gasteiger partial charge in [0.2, 0.25) is 0 Å². The minimum atomic E-state index is 0.609. The molecule has 0 saturated carbocycles. The molecule has 1 aliphatic rings. The Hall–Kier alpha value is -6.39. The summed E-state index contributed by atoms with van der Waals surface area (Å²) in [6.45, 7) is 0. The van der Waals surface area contributed by atoms with Crippen LogP contribution in [0.2, 0.25) is 0 Å². The molecule has 4 heteroatoms. The second-order valence-electron chi connectivity index (χ2n) is 12.0. The average molecular weight is 600 g/mol. The molecule has 2 aromatic heterocycles. The zero-order chi connectivity index (χ0) is 30.9. The second kappa shape index (κ2) is 10.1. The fourth-order valence-electron chi connectivity index (χ4n) is 7.10. The van der Waals surface area contributed by atoms with E-state index in [1.54, 1.807) is 0 Å². The molecule has 9 aromatic rings. The van der Waals surface area contributed by atoms with Crippen molar-refractivity contribution in [3.8, 4) is 67.5 Å². The summed E-state index contributed by atoms with van der Waals surface area (Å²) < 4.78 is 6.56. The molecular weight excluding hydrogens is 574 g/mol. The van der Waals surface area contributed by atoms with Gasteiger partial charge in [-0.25, -0.2) is 15.0 Å². The molecule has 0 saturated heterocycles. The molecule has 0 spiro atoms. The van der Waals surface area contributed by atoms with Crippen LogP contribution < -0.4 is 0 Å². The summed E-state index contributed by atoms with van der Waals surface area (Å²) in [5.41, 5.74) is 11.6. The van der Waals surface area contributed by atoms with Crippen LogP contribution in [0.1, 0.15) is 0 Å². The molecule has 0 atom stereocenters. The first kappa shape index (κ1) is 25.9. The Labute approximate surface area is 270 Å². The molecule has 0 fully saturated rings. The summed E-state index contributed by atoms with van der Waals surface area (Å²) in [6, 6.07) is 52.6. The van der Waals surface area contributed by atoms with E-state index in [1.165, 1.54) is 33.0 Å². The molecule has 0 N–H and O–H groups in total. The molecule has 7 aromatic carbocycles. The van der Waals surface area contributed by atoms with Gasteiger partial charge < -0.3 is 4.42 Å². The maximum Gasteiger partial charge on any atom is 0.164 e. The van der Waals surface area contributed by atoms with E-state index >= 15 is 0 Å². The van der Waals surface area contributed by atoms with E-state index in [1.807, 2.05) is 48.5 Å². The average Bonchev–Trinajstić information content (AvgIpc) is 3.67. The van der Waals surface area contributed by atoms with Gasteiger partial charge in [0.25, 0.3) is 0 Å². The Morgan fingerprint density at radius 1 is 0.340 bits per heavy atom. The largest absolute Gasteiger partial charge is 0.456 e. The number of aromatic nitrogens is 3. The van der Waals surface area contributed by atoms with E-state index in [0.717, 1.165) is 49.8 Å². The number of hydrogen-bond acceptors (Lipinski definition) is 4. The summed E-state index contributed by atoms with van der Waals surface area (Å²) in [6.07, 6.45) is 0. The van der Waals surface area contributed by atoms with Crippen LogP contribution in [-0.4, -0.2) is 15.0 Å². The van der Waals surface area contributed by atoms with E-state index in [4.69, 9.17) is 19.4 Å². The fourth-order valence-corrected chi connectivity index (χ4v) is 7.10. The van der Waals surface area contributed by atoms with Gasteiger partial charge in [0, 0.05) is 27.5 Å². The number of fused-ring (bicyclic) bond motifs is 6. The molecule has 0 aliphatic heterocycles. The third-order valence-corrected chi connectivity index (χ3v) is 9.26. The highest BCUT2D eigenvalue weighted by Crippen LogP contribution is 2.50. The number of hydrogen-bond donors (Lipinski definition) is 0. The monoisotopic (exact) mass is 599 g/mol. The lowest BCUT2D eigenvalue weighted by molar-refractivity contribution is 0.669. The van der Waals surface area contributed by atoms with Crippen molar-refractivity contribution in [1.82, 2.24) is 15.0 Å². The Morgan fingerprint density at radius 2 is 0.915 bits per heavy atom. The first-order valence-corrected chi connectivity index (χ1v) is 15.8. The highest BCUT2D eigenvalue weighted by molar-refractivity contribution is 6.20. The minimum Gasteiger partial charge on any atom is -0.456 e. The van der Waals surface area contributed by atoms with Gasteiger partial charge in [-0.1, -0.05) is 127 Å². The van der Waals surface area contributed by atoms with Gasteiger partial charge in [-0.15, -0.1) is 0 Å². The first-order chi connectivity index (χ1) is 23.3. The van der Waals surface area contributed by atoms with Crippen molar-refractivity contribution >= 4 is 32.7 Å². The molecule has 0 radical (unpaired) electrons. The topological polar surface area (TPSA) is 51.8 Å². The fraction of sp³-hybridized carbons (Fsp3) is 0. The van der Waals surface area contributed by atoms with Gasteiger partial charge in [0.15, 0.2) is 17.5 Å². The molecule has 2 heterocycles. The van der Waals surface area contributed by atoms with Crippen molar-refractivity contribution in [2.24, 2.45) is 0 Å². The summed E-state index contributed by atoms with van der Waals surface area (Å²) in [5, 5.41) is 4.60. The highest BCUT2D eigenvalue weighted by atomic mass is 16.3. The van der Waals surface area contributed by atoms with E-state index < -0.39 is 0 Å². The van der Waals surface area contributed by atoms with Gasteiger partial charge in [0.1, 0.15) is 11.2 Å². The van der Waals surface area contributed by atoms with Crippen LogP contribution in [0.15, 0.2) is 156 Å². The number of nitrogens with zero attached hydrogens (tertiary/aromatic N) is 3. The molecule has 0 amide bonds. The maximum absolute atomic E-state index is 6.56. The molecule has 0 unspecified atom stereocenters. The molecule has 0 bridgehead atoms. The van der Waals surface area contributed by atoms with Crippen LogP contribution in [0.4, 0.5) is 0 Å². The Morgan fingerprint density at radius 3 is 1.68 bits per heavy atom. The minimum absolute atomic E-state index is 0.609.